The van der Waals surface area contributed by atoms with Gasteiger partial charge >= 0.3 is 0 Å². The van der Waals surface area contributed by atoms with Crippen LogP contribution in [-0.2, 0) is 20.9 Å². The first kappa shape index (κ1) is 27.5. The molecule has 42 heavy (non-hydrogen) atoms. The molecule has 2 aliphatic rings. The van der Waals surface area contributed by atoms with Crippen LogP contribution in [0.25, 0.3) is 21.4 Å². The standard InChI is InChI=1S/C33H33N5O4/c1-4-22(2)31(39)36-30-32(40)37(28-13-7-8-15-29(28)42-33(30)16-18-41-19-17-33)21-23-10-9-14-26-24(23)20-35-38(26)27-12-6-5-11-25(27)34-3/h5-15,20,22,30H,4,16-19,21H2,1-2H3,(H,36,39)/t22-,30-/m1/s1. The zero-order valence-electron chi connectivity index (χ0n) is 23.7. The fourth-order valence-corrected chi connectivity index (χ4v) is 5.83. The Balaban J connectivity index is 1.44. The van der Waals surface area contributed by atoms with E-state index in [1.54, 1.807) is 21.8 Å². The molecule has 2 amide bonds. The number of fused-ring (bicyclic) bond motifs is 2. The van der Waals surface area contributed by atoms with Gasteiger partial charge in [0.1, 0.15) is 17.4 Å². The minimum absolute atomic E-state index is 0.168. The van der Waals surface area contributed by atoms with Gasteiger partial charge in [-0.1, -0.05) is 56.3 Å². The van der Waals surface area contributed by atoms with Crippen molar-refractivity contribution in [2.75, 3.05) is 18.1 Å². The number of anilines is 1. The summed E-state index contributed by atoms with van der Waals surface area (Å²) in [4.78, 5) is 33.2. The van der Waals surface area contributed by atoms with Gasteiger partial charge in [0.05, 0.1) is 49.4 Å². The molecule has 9 nitrogen and oxygen atoms in total. The van der Waals surface area contributed by atoms with Crippen LogP contribution in [0.3, 0.4) is 0 Å². The quantitative estimate of drug-likeness (QED) is 0.309. The van der Waals surface area contributed by atoms with Crippen LogP contribution in [0.4, 0.5) is 11.4 Å². The summed E-state index contributed by atoms with van der Waals surface area (Å²) in [6, 6.07) is 19.9. The fourth-order valence-electron chi connectivity index (χ4n) is 5.83. The largest absolute Gasteiger partial charge is 0.482 e. The number of hydrogen-bond donors (Lipinski definition) is 1. The van der Waals surface area contributed by atoms with Gasteiger partial charge in [-0.05, 0) is 36.2 Å². The first-order valence-electron chi connectivity index (χ1n) is 14.4. The molecule has 0 aliphatic carbocycles. The number of amides is 2. The summed E-state index contributed by atoms with van der Waals surface area (Å²) < 4.78 is 14.2. The normalized spacial score (nSPS) is 18.5. The zero-order valence-corrected chi connectivity index (χ0v) is 23.7. The van der Waals surface area contributed by atoms with Gasteiger partial charge in [0, 0.05) is 24.1 Å². The molecule has 0 radical (unpaired) electrons. The first-order valence-corrected chi connectivity index (χ1v) is 14.4. The van der Waals surface area contributed by atoms with Crippen LogP contribution in [0.1, 0.15) is 38.7 Å². The van der Waals surface area contributed by atoms with Crippen molar-refractivity contribution >= 4 is 34.1 Å². The fraction of sp³-hybridized carbons (Fsp3) is 0.333. The molecule has 214 valence electrons. The van der Waals surface area contributed by atoms with E-state index in [9.17, 15) is 9.59 Å². The average Bonchev–Trinajstić information content (AvgIpc) is 3.44. The lowest BCUT2D eigenvalue weighted by Gasteiger charge is -2.41. The van der Waals surface area contributed by atoms with Crippen LogP contribution in [-0.4, -0.2) is 46.5 Å². The van der Waals surface area contributed by atoms with E-state index in [-0.39, 0.29) is 24.3 Å². The molecule has 0 bridgehead atoms. The third-order valence-electron chi connectivity index (χ3n) is 8.46. The number of carbonyl (C=O) groups excluding carboxylic acids is 2. The van der Waals surface area contributed by atoms with Crippen molar-refractivity contribution in [2.45, 2.75) is 51.3 Å². The van der Waals surface area contributed by atoms with Crippen LogP contribution in [0.5, 0.6) is 5.75 Å². The number of rotatable bonds is 6. The molecule has 1 fully saturated rings. The Hall–Kier alpha value is -4.68. The SMILES string of the molecule is [C-]#[N+]c1ccccc1-n1ncc2c(CN3C(=O)[C@@H](NC(=O)[C@H](C)CC)C4(CCOCC4)Oc4ccccc43)cccc21. The summed E-state index contributed by atoms with van der Waals surface area (Å²) in [6.45, 7) is 12.5. The van der Waals surface area contributed by atoms with Gasteiger partial charge in [0.2, 0.25) is 11.6 Å². The van der Waals surface area contributed by atoms with Crippen LogP contribution < -0.4 is 15.0 Å². The van der Waals surface area contributed by atoms with Gasteiger partial charge in [-0.2, -0.15) is 5.10 Å². The highest BCUT2D eigenvalue weighted by atomic mass is 16.5. The Morgan fingerprint density at radius 2 is 1.83 bits per heavy atom. The summed E-state index contributed by atoms with van der Waals surface area (Å²) in [5, 5.41) is 8.60. The monoisotopic (exact) mass is 563 g/mol. The van der Waals surface area contributed by atoms with Gasteiger partial charge in [0.15, 0.2) is 0 Å². The Morgan fingerprint density at radius 1 is 1.10 bits per heavy atom. The van der Waals surface area contributed by atoms with Crippen molar-refractivity contribution in [2.24, 2.45) is 5.92 Å². The maximum absolute atomic E-state index is 14.6. The van der Waals surface area contributed by atoms with Crippen molar-refractivity contribution in [3.05, 3.63) is 89.9 Å². The first-order chi connectivity index (χ1) is 20.5. The minimum Gasteiger partial charge on any atom is -0.482 e. The number of carbonyl (C=O) groups is 2. The Kier molecular flexibility index (Phi) is 7.40. The molecule has 1 saturated heterocycles. The molecular weight excluding hydrogens is 530 g/mol. The molecule has 4 aromatic rings. The minimum atomic E-state index is -0.927. The molecule has 0 saturated carbocycles. The summed E-state index contributed by atoms with van der Waals surface area (Å²) in [6.07, 6.45) is 3.40. The number of aromatic nitrogens is 2. The summed E-state index contributed by atoms with van der Waals surface area (Å²) in [5.74, 6) is -0.0343. The molecular formula is C33H33N5O4. The summed E-state index contributed by atoms with van der Waals surface area (Å²) >= 11 is 0. The third kappa shape index (κ3) is 4.78. The highest BCUT2D eigenvalue weighted by Crippen LogP contribution is 2.42. The molecule has 3 heterocycles. The van der Waals surface area contributed by atoms with Crippen molar-refractivity contribution in [1.29, 1.82) is 0 Å². The van der Waals surface area contributed by atoms with Gasteiger partial charge < -0.3 is 19.7 Å². The van der Waals surface area contributed by atoms with E-state index >= 15 is 0 Å². The molecule has 9 heteroatoms. The third-order valence-corrected chi connectivity index (χ3v) is 8.46. The van der Waals surface area contributed by atoms with Crippen molar-refractivity contribution in [1.82, 2.24) is 15.1 Å². The maximum atomic E-state index is 14.6. The van der Waals surface area contributed by atoms with Crippen LogP contribution in [0.2, 0.25) is 0 Å². The van der Waals surface area contributed by atoms with Gasteiger partial charge in [0.25, 0.3) is 5.91 Å². The predicted molar refractivity (Wildman–Crippen MR) is 160 cm³/mol. The Labute approximate surface area is 244 Å². The second-order valence-corrected chi connectivity index (χ2v) is 10.9. The molecule has 2 aliphatic heterocycles. The second-order valence-electron chi connectivity index (χ2n) is 10.9. The van der Waals surface area contributed by atoms with Gasteiger partial charge in [-0.15, -0.1) is 0 Å². The Bertz CT molecular complexity index is 1680. The number of para-hydroxylation sites is 4. The predicted octanol–water partition coefficient (Wildman–Crippen LogP) is 5.58. The van der Waals surface area contributed by atoms with E-state index in [0.717, 1.165) is 16.5 Å². The van der Waals surface area contributed by atoms with E-state index in [0.29, 0.717) is 55.3 Å². The molecule has 3 aromatic carbocycles. The smallest absolute Gasteiger partial charge is 0.254 e. The molecule has 0 unspecified atom stereocenters. The number of benzene rings is 3. The second kappa shape index (κ2) is 11.3. The number of ether oxygens (including phenoxy) is 2. The average molecular weight is 564 g/mol. The maximum Gasteiger partial charge on any atom is 0.254 e. The van der Waals surface area contributed by atoms with Crippen LogP contribution >= 0.6 is 0 Å². The van der Waals surface area contributed by atoms with Crippen LogP contribution in [0, 0.1) is 12.5 Å². The Morgan fingerprint density at radius 3 is 2.60 bits per heavy atom. The van der Waals surface area contributed by atoms with E-state index in [2.05, 4.69) is 15.3 Å². The molecule has 1 spiro atoms. The van der Waals surface area contributed by atoms with Gasteiger partial charge in [-0.25, -0.2) is 9.53 Å². The lowest BCUT2D eigenvalue weighted by Crippen LogP contribution is -2.64. The number of hydrogen-bond acceptors (Lipinski definition) is 5. The van der Waals surface area contributed by atoms with E-state index in [4.69, 9.17) is 16.0 Å². The summed E-state index contributed by atoms with van der Waals surface area (Å²) in [5.41, 5.74) is 2.64. The highest BCUT2D eigenvalue weighted by molar-refractivity contribution is 6.02. The van der Waals surface area contributed by atoms with Crippen molar-refractivity contribution in [3.8, 4) is 11.4 Å². The van der Waals surface area contributed by atoms with E-state index in [1.165, 1.54) is 0 Å². The van der Waals surface area contributed by atoms with E-state index in [1.807, 2.05) is 74.5 Å². The lowest BCUT2D eigenvalue weighted by molar-refractivity contribution is -0.138. The highest BCUT2D eigenvalue weighted by Gasteiger charge is 2.51. The lowest BCUT2D eigenvalue weighted by atomic mass is 9.84. The molecule has 2 atom stereocenters. The summed E-state index contributed by atoms with van der Waals surface area (Å²) in [7, 11) is 0. The van der Waals surface area contributed by atoms with Crippen molar-refractivity contribution in [3.63, 3.8) is 0 Å². The molecule has 1 aromatic heterocycles. The zero-order chi connectivity index (χ0) is 29.3. The topological polar surface area (TPSA) is 90.1 Å². The molecule has 6 rings (SSSR count). The number of nitrogens with zero attached hydrogens (tertiary/aromatic N) is 4. The van der Waals surface area contributed by atoms with Gasteiger partial charge in [-0.3, -0.25) is 9.59 Å². The molecule has 1 N–H and O–H groups in total. The number of nitrogens with one attached hydrogen (secondary N) is 1. The van der Waals surface area contributed by atoms with Crippen molar-refractivity contribution < 1.29 is 19.1 Å². The van der Waals surface area contributed by atoms with E-state index < -0.39 is 11.6 Å². The van der Waals surface area contributed by atoms with Crippen LogP contribution in [0.15, 0.2) is 72.9 Å².